The molecule has 0 aliphatic heterocycles. The van der Waals surface area contributed by atoms with Gasteiger partial charge in [0.2, 0.25) is 5.91 Å². The third kappa shape index (κ3) is 3.92. The largest absolute Gasteiger partial charge is 0.459 e. The van der Waals surface area contributed by atoms with Crippen molar-refractivity contribution >= 4 is 11.8 Å². The molecule has 110 valence electrons. The van der Waals surface area contributed by atoms with E-state index in [1.807, 2.05) is 0 Å². The van der Waals surface area contributed by atoms with E-state index in [-0.39, 0.29) is 18.1 Å². The Labute approximate surface area is 121 Å². The zero-order valence-electron chi connectivity index (χ0n) is 11.4. The minimum Gasteiger partial charge on any atom is -0.459 e. The van der Waals surface area contributed by atoms with E-state index in [1.54, 1.807) is 31.2 Å². The predicted molar refractivity (Wildman–Crippen MR) is 74.0 cm³/mol. The summed E-state index contributed by atoms with van der Waals surface area (Å²) in [4.78, 5) is 23.3. The number of hydrogen-bond donors (Lipinski definition) is 2. The van der Waals surface area contributed by atoms with Crippen LogP contribution in [0.2, 0.25) is 0 Å². The summed E-state index contributed by atoms with van der Waals surface area (Å²) < 4.78 is 18.5. The van der Waals surface area contributed by atoms with Crippen molar-refractivity contribution in [3.63, 3.8) is 0 Å². The van der Waals surface area contributed by atoms with Crippen molar-refractivity contribution in [2.24, 2.45) is 0 Å². The first-order valence-electron chi connectivity index (χ1n) is 6.43. The van der Waals surface area contributed by atoms with Gasteiger partial charge in [-0.25, -0.2) is 4.39 Å². The van der Waals surface area contributed by atoms with Crippen LogP contribution >= 0.6 is 0 Å². The smallest absolute Gasteiger partial charge is 0.287 e. The molecular weight excluding hydrogens is 275 g/mol. The first kappa shape index (κ1) is 14.8. The van der Waals surface area contributed by atoms with Gasteiger partial charge in [0, 0.05) is 5.56 Å². The minimum atomic E-state index is -0.487. The molecule has 2 N–H and O–H groups in total. The normalized spacial score (nSPS) is 11.7. The highest BCUT2D eigenvalue weighted by Gasteiger charge is 2.14. The molecule has 0 radical (unpaired) electrons. The third-order valence-electron chi connectivity index (χ3n) is 2.90. The second-order valence-electron chi connectivity index (χ2n) is 4.47. The summed E-state index contributed by atoms with van der Waals surface area (Å²) >= 11 is 0. The molecule has 5 nitrogen and oxygen atoms in total. The molecule has 2 amide bonds. The number of benzene rings is 1. The first-order valence-corrected chi connectivity index (χ1v) is 6.43. The molecule has 0 saturated carbocycles. The van der Waals surface area contributed by atoms with E-state index in [0.717, 1.165) is 0 Å². The molecule has 21 heavy (non-hydrogen) atoms. The van der Waals surface area contributed by atoms with Crippen LogP contribution in [0, 0.1) is 5.82 Å². The van der Waals surface area contributed by atoms with Crippen molar-refractivity contribution < 1.29 is 18.4 Å². The molecule has 1 atom stereocenters. The second kappa shape index (κ2) is 6.69. The van der Waals surface area contributed by atoms with Crippen LogP contribution < -0.4 is 10.6 Å². The van der Waals surface area contributed by atoms with Gasteiger partial charge in [0.1, 0.15) is 5.82 Å². The zero-order chi connectivity index (χ0) is 15.2. The van der Waals surface area contributed by atoms with Crippen molar-refractivity contribution in [1.29, 1.82) is 0 Å². The monoisotopic (exact) mass is 290 g/mol. The van der Waals surface area contributed by atoms with E-state index < -0.39 is 17.9 Å². The summed E-state index contributed by atoms with van der Waals surface area (Å²) in [7, 11) is 0. The molecule has 1 aromatic carbocycles. The summed E-state index contributed by atoms with van der Waals surface area (Å²) in [6.45, 7) is 1.46. The Morgan fingerprint density at radius 1 is 1.24 bits per heavy atom. The fraction of sp³-hybridized carbons (Fsp3) is 0.200. The maximum Gasteiger partial charge on any atom is 0.287 e. The van der Waals surface area contributed by atoms with Crippen molar-refractivity contribution in [2.45, 2.75) is 13.0 Å². The van der Waals surface area contributed by atoms with Crippen LogP contribution in [0.15, 0.2) is 47.1 Å². The molecule has 1 heterocycles. The molecule has 0 saturated heterocycles. The van der Waals surface area contributed by atoms with Crippen LogP contribution in [0.25, 0.3) is 0 Å². The number of carbonyl (C=O) groups is 2. The van der Waals surface area contributed by atoms with Crippen LogP contribution in [0.5, 0.6) is 0 Å². The lowest BCUT2D eigenvalue weighted by atomic mass is 10.1. The highest BCUT2D eigenvalue weighted by atomic mass is 19.1. The van der Waals surface area contributed by atoms with Crippen LogP contribution in [0.3, 0.4) is 0 Å². The molecule has 1 aromatic heterocycles. The van der Waals surface area contributed by atoms with Crippen LogP contribution in [-0.4, -0.2) is 18.4 Å². The summed E-state index contributed by atoms with van der Waals surface area (Å²) in [5.74, 6) is -1.14. The maximum absolute atomic E-state index is 13.6. The minimum absolute atomic E-state index is 0.130. The van der Waals surface area contributed by atoms with Gasteiger partial charge in [-0.05, 0) is 25.1 Å². The molecule has 0 aliphatic carbocycles. The van der Waals surface area contributed by atoms with Crippen LogP contribution in [0.4, 0.5) is 4.39 Å². The second-order valence-corrected chi connectivity index (χ2v) is 4.47. The van der Waals surface area contributed by atoms with Gasteiger partial charge in [-0.15, -0.1) is 0 Å². The maximum atomic E-state index is 13.6. The molecule has 2 aromatic rings. The third-order valence-corrected chi connectivity index (χ3v) is 2.90. The summed E-state index contributed by atoms with van der Waals surface area (Å²) in [5, 5.41) is 5.03. The van der Waals surface area contributed by atoms with Gasteiger partial charge in [-0.3, -0.25) is 9.59 Å². The fourth-order valence-corrected chi connectivity index (χ4v) is 1.85. The predicted octanol–water partition coefficient (Wildman–Crippen LogP) is 2.03. The summed E-state index contributed by atoms with van der Waals surface area (Å²) in [6, 6.07) is 8.79. The highest BCUT2D eigenvalue weighted by molar-refractivity contribution is 5.94. The molecule has 6 heteroatoms. The number of rotatable bonds is 5. The SMILES string of the molecule is C[C@@H](NC(=O)CNC(=O)c1ccco1)c1ccccc1F. The summed E-state index contributed by atoms with van der Waals surface area (Å²) in [6.07, 6.45) is 1.37. The van der Waals surface area contributed by atoms with E-state index in [9.17, 15) is 14.0 Å². The van der Waals surface area contributed by atoms with Gasteiger partial charge in [-0.2, -0.15) is 0 Å². The number of furan rings is 1. The number of hydrogen-bond acceptors (Lipinski definition) is 3. The lowest BCUT2D eigenvalue weighted by Crippen LogP contribution is -2.38. The van der Waals surface area contributed by atoms with Gasteiger partial charge in [0.25, 0.3) is 5.91 Å². The van der Waals surface area contributed by atoms with Crippen LogP contribution in [-0.2, 0) is 4.79 Å². The Kier molecular flexibility index (Phi) is 4.71. The van der Waals surface area contributed by atoms with E-state index in [1.165, 1.54) is 18.4 Å². The fourth-order valence-electron chi connectivity index (χ4n) is 1.85. The number of halogens is 1. The average Bonchev–Trinajstić information content (AvgIpc) is 2.99. The Balaban J connectivity index is 1.85. The molecule has 0 fully saturated rings. The van der Waals surface area contributed by atoms with Crippen LogP contribution in [0.1, 0.15) is 29.1 Å². The number of amides is 2. The molecule has 0 unspecified atom stereocenters. The van der Waals surface area contributed by atoms with E-state index in [0.29, 0.717) is 5.56 Å². The Bertz CT molecular complexity index is 626. The molecule has 0 spiro atoms. The van der Waals surface area contributed by atoms with Gasteiger partial charge < -0.3 is 15.1 Å². The van der Waals surface area contributed by atoms with Crippen molar-refractivity contribution in [3.8, 4) is 0 Å². The van der Waals surface area contributed by atoms with E-state index >= 15 is 0 Å². The number of carbonyl (C=O) groups excluding carboxylic acids is 2. The van der Waals surface area contributed by atoms with Crippen molar-refractivity contribution in [3.05, 3.63) is 59.8 Å². The average molecular weight is 290 g/mol. The first-order chi connectivity index (χ1) is 10.1. The zero-order valence-corrected chi connectivity index (χ0v) is 11.4. The Morgan fingerprint density at radius 3 is 2.67 bits per heavy atom. The van der Waals surface area contributed by atoms with Gasteiger partial charge in [-0.1, -0.05) is 18.2 Å². The van der Waals surface area contributed by atoms with Crippen molar-refractivity contribution in [1.82, 2.24) is 10.6 Å². The summed E-state index contributed by atoms with van der Waals surface area (Å²) in [5.41, 5.74) is 0.392. The Morgan fingerprint density at radius 2 is 2.00 bits per heavy atom. The standard InChI is InChI=1S/C15H15FN2O3/c1-10(11-5-2-3-6-12(11)16)18-14(19)9-17-15(20)13-7-4-8-21-13/h2-8,10H,9H2,1H3,(H,17,20)(H,18,19)/t10-/m1/s1. The quantitative estimate of drug-likeness (QED) is 0.885. The van der Waals surface area contributed by atoms with Gasteiger partial charge >= 0.3 is 0 Å². The van der Waals surface area contributed by atoms with Crippen molar-refractivity contribution in [2.75, 3.05) is 6.54 Å². The highest BCUT2D eigenvalue weighted by Crippen LogP contribution is 2.15. The molecular formula is C15H15FN2O3. The lowest BCUT2D eigenvalue weighted by Gasteiger charge is -2.15. The Hall–Kier alpha value is -2.63. The van der Waals surface area contributed by atoms with E-state index in [4.69, 9.17) is 4.42 Å². The topological polar surface area (TPSA) is 71.3 Å². The number of nitrogens with one attached hydrogen (secondary N) is 2. The molecule has 0 aliphatic rings. The molecule has 2 rings (SSSR count). The molecule has 0 bridgehead atoms. The van der Waals surface area contributed by atoms with Gasteiger partial charge in [0.05, 0.1) is 18.8 Å². The lowest BCUT2D eigenvalue weighted by molar-refractivity contribution is -0.120. The van der Waals surface area contributed by atoms with E-state index in [2.05, 4.69) is 10.6 Å². The van der Waals surface area contributed by atoms with Gasteiger partial charge in [0.15, 0.2) is 5.76 Å².